The molecule has 0 aliphatic carbocycles. The quantitative estimate of drug-likeness (QED) is 0.245. The van der Waals surface area contributed by atoms with Crippen molar-refractivity contribution in [3.05, 3.63) is 65.0 Å². The van der Waals surface area contributed by atoms with E-state index in [1.54, 1.807) is 14.1 Å². The first-order valence-corrected chi connectivity index (χ1v) is 12.6. The highest BCUT2D eigenvalue weighted by molar-refractivity contribution is 6.30. The zero-order chi connectivity index (χ0) is 28.5. The Bertz CT molecular complexity index is 794. The molecule has 206 valence electrons. The third-order valence-electron chi connectivity index (χ3n) is 4.45. The van der Waals surface area contributed by atoms with Crippen LogP contribution in [0.25, 0.3) is 0 Å². The topological polar surface area (TPSA) is 87.5 Å². The molecular weight excluding hydrogens is 479 g/mol. The number of likely N-dealkylation sites (N-methyl/N-ethyl adjacent to an activating group) is 1. The van der Waals surface area contributed by atoms with Crippen LogP contribution < -0.4 is 16.4 Å². The summed E-state index contributed by atoms with van der Waals surface area (Å²) >= 11 is 5.69. The minimum atomic E-state index is -0.425. The summed E-state index contributed by atoms with van der Waals surface area (Å²) in [6.45, 7) is 17.9. The summed E-state index contributed by atoms with van der Waals surface area (Å²) in [4.78, 5) is 21.2. The first-order chi connectivity index (χ1) is 17.0. The van der Waals surface area contributed by atoms with Crippen LogP contribution in [0.5, 0.6) is 0 Å². The van der Waals surface area contributed by atoms with Gasteiger partial charge in [-0.2, -0.15) is 0 Å². The van der Waals surface area contributed by atoms with E-state index >= 15 is 0 Å². The molecule has 6 nitrogen and oxygen atoms in total. The van der Waals surface area contributed by atoms with Gasteiger partial charge in [-0.25, -0.2) is 4.39 Å². The SMILES string of the molecule is C=C/C(CC)=C(\C=C/C)CC.CCCNC(C)C.CN(C)C(=O)CNc1cc(Cl)ccc1F.NC=O. The van der Waals surface area contributed by atoms with E-state index in [-0.39, 0.29) is 24.5 Å². The lowest BCUT2D eigenvalue weighted by molar-refractivity contribution is -0.126. The predicted octanol–water partition coefficient (Wildman–Crippen LogP) is 6.34. The van der Waals surface area contributed by atoms with E-state index in [0.29, 0.717) is 11.1 Å². The number of anilines is 1. The van der Waals surface area contributed by atoms with Crippen molar-refractivity contribution < 1.29 is 14.0 Å². The molecule has 1 rings (SSSR count). The smallest absolute Gasteiger partial charge is 0.241 e. The molecule has 0 saturated heterocycles. The number of benzene rings is 1. The van der Waals surface area contributed by atoms with Crippen LogP contribution >= 0.6 is 11.6 Å². The number of nitrogens with two attached hydrogens (primary N) is 1. The number of amides is 2. The van der Waals surface area contributed by atoms with Gasteiger partial charge >= 0.3 is 0 Å². The minimum Gasteiger partial charge on any atom is -0.374 e. The summed E-state index contributed by atoms with van der Waals surface area (Å²) in [6, 6.07) is 4.81. The van der Waals surface area contributed by atoms with Gasteiger partial charge in [-0.3, -0.25) is 9.59 Å². The monoisotopic (exact) mass is 526 g/mol. The molecule has 0 bridgehead atoms. The van der Waals surface area contributed by atoms with Crippen molar-refractivity contribution in [3.63, 3.8) is 0 Å². The van der Waals surface area contributed by atoms with Gasteiger partial charge in [0.05, 0.1) is 12.2 Å². The van der Waals surface area contributed by atoms with Gasteiger partial charge in [0.15, 0.2) is 0 Å². The van der Waals surface area contributed by atoms with Gasteiger partial charge in [0.1, 0.15) is 5.82 Å². The summed E-state index contributed by atoms with van der Waals surface area (Å²) in [5.41, 5.74) is 7.17. The van der Waals surface area contributed by atoms with Crippen molar-refractivity contribution >= 4 is 29.6 Å². The number of hydrogen-bond acceptors (Lipinski definition) is 4. The molecule has 1 aromatic rings. The Morgan fingerprint density at radius 2 is 1.75 bits per heavy atom. The van der Waals surface area contributed by atoms with Crippen LogP contribution in [0.1, 0.15) is 60.8 Å². The Morgan fingerprint density at radius 3 is 2.11 bits per heavy atom. The fourth-order valence-electron chi connectivity index (χ4n) is 2.55. The van der Waals surface area contributed by atoms with E-state index < -0.39 is 5.82 Å². The average molecular weight is 527 g/mol. The Kier molecular flexibility index (Phi) is 26.8. The Morgan fingerprint density at radius 1 is 1.19 bits per heavy atom. The highest BCUT2D eigenvalue weighted by Gasteiger charge is 2.06. The average Bonchev–Trinajstić information content (AvgIpc) is 2.84. The van der Waals surface area contributed by atoms with Crippen LogP contribution in [0.2, 0.25) is 5.02 Å². The highest BCUT2D eigenvalue weighted by Crippen LogP contribution is 2.19. The molecule has 36 heavy (non-hydrogen) atoms. The first kappa shape index (κ1) is 37.9. The van der Waals surface area contributed by atoms with Gasteiger partial charge < -0.3 is 21.3 Å². The Balaban J connectivity index is -0.000000456. The summed E-state index contributed by atoms with van der Waals surface area (Å²) in [5.74, 6) is -0.555. The third kappa shape index (κ3) is 21.9. The van der Waals surface area contributed by atoms with Crippen LogP contribution in [-0.2, 0) is 9.59 Å². The number of rotatable bonds is 10. The van der Waals surface area contributed by atoms with Gasteiger partial charge in [0, 0.05) is 25.2 Å². The molecule has 8 heteroatoms. The minimum absolute atomic E-state index is 0.0459. The predicted molar refractivity (Wildman–Crippen MR) is 155 cm³/mol. The number of nitrogens with one attached hydrogen (secondary N) is 2. The molecule has 2 amide bonds. The molecular formula is C28H48ClFN4O2. The largest absolute Gasteiger partial charge is 0.374 e. The van der Waals surface area contributed by atoms with E-state index in [4.69, 9.17) is 16.4 Å². The number of nitrogens with zero attached hydrogens (tertiary/aromatic N) is 1. The lowest BCUT2D eigenvalue weighted by Crippen LogP contribution is -2.28. The van der Waals surface area contributed by atoms with E-state index in [1.807, 2.05) is 13.0 Å². The standard InChI is InChI=1S/C11H18.C10H12ClFN2O.C6H15N.CH3NO/c1-5-9-11(8-4)10(6-2)7-3;1-14(2)10(15)6-13-9-5-7(11)3-4-8(9)12;1-4-5-7-6(2)3;2-1-3/h5-6,9H,2,7-8H2,1,3-4H3;3-5,13H,6H2,1-2H3;6-7H,4-5H2,1-3H3;1H,(H2,2,3)/b9-5-,11-10+;;;. The Labute approximate surface area is 223 Å². The van der Waals surface area contributed by atoms with Crippen molar-refractivity contribution in [2.45, 2.75) is 66.8 Å². The first-order valence-electron chi connectivity index (χ1n) is 12.2. The van der Waals surface area contributed by atoms with Crippen LogP contribution in [0.4, 0.5) is 10.1 Å². The van der Waals surface area contributed by atoms with Crippen molar-refractivity contribution in [2.75, 3.05) is 32.5 Å². The van der Waals surface area contributed by atoms with Gasteiger partial charge in [-0.15, -0.1) is 0 Å². The molecule has 0 saturated carbocycles. The number of allylic oxidation sites excluding steroid dienone is 5. The molecule has 0 aliphatic heterocycles. The number of hydrogen-bond donors (Lipinski definition) is 3. The van der Waals surface area contributed by atoms with Crippen LogP contribution in [-0.4, -0.2) is 50.4 Å². The summed E-state index contributed by atoms with van der Waals surface area (Å²) in [6.07, 6.45) is 9.87. The number of carbonyl (C=O) groups excluding carboxylic acids is 2. The van der Waals surface area contributed by atoms with Gasteiger partial charge in [-0.1, -0.05) is 71.0 Å². The summed E-state index contributed by atoms with van der Waals surface area (Å²) in [5, 5.41) is 6.41. The van der Waals surface area contributed by atoms with E-state index in [0.717, 1.165) is 19.4 Å². The second kappa shape index (κ2) is 25.5. The molecule has 1 aromatic carbocycles. The van der Waals surface area contributed by atoms with Gasteiger partial charge in [-0.05, 0) is 62.1 Å². The highest BCUT2D eigenvalue weighted by atomic mass is 35.5. The van der Waals surface area contributed by atoms with E-state index in [9.17, 15) is 9.18 Å². The molecule has 0 heterocycles. The summed E-state index contributed by atoms with van der Waals surface area (Å²) < 4.78 is 13.2. The molecule has 4 N–H and O–H groups in total. The number of halogens is 2. The lowest BCUT2D eigenvalue weighted by atomic mass is 10.0. The van der Waals surface area contributed by atoms with Crippen molar-refractivity contribution in [3.8, 4) is 0 Å². The zero-order valence-electron chi connectivity index (χ0n) is 23.5. The fraction of sp³-hybridized carbons (Fsp3) is 0.500. The molecule has 0 aromatic heterocycles. The van der Waals surface area contributed by atoms with Crippen LogP contribution in [0.15, 0.2) is 54.2 Å². The van der Waals surface area contributed by atoms with Gasteiger partial charge in [0.2, 0.25) is 12.3 Å². The molecule has 0 spiro atoms. The molecule has 0 radical (unpaired) electrons. The molecule has 0 unspecified atom stereocenters. The molecule has 0 fully saturated rings. The normalized spacial score (nSPS) is 10.5. The zero-order valence-corrected chi connectivity index (χ0v) is 24.2. The Hall–Kier alpha value is -2.64. The van der Waals surface area contributed by atoms with Crippen molar-refractivity contribution in [1.29, 1.82) is 0 Å². The van der Waals surface area contributed by atoms with Gasteiger partial charge in [0.25, 0.3) is 0 Å². The lowest BCUT2D eigenvalue weighted by Gasteiger charge is -2.12. The number of carbonyl (C=O) groups is 2. The maximum Gasteiger partial charge on any atom is 0.241 e. The fourth-order valence-corrected chi connectivity index (χ4v) is 2.72. The maximum absolute atomic E-state index is 13.2. The maximum atomic E-state index is 13.2. The van der Waals surface area contributed by atoms with Crippen molar-refractivity contribution in [1.82, 2.24) is 10.2 Å². The van der Waals surface area contributed by atoms with E-state index in [2.05, 4.69) is 69.7 Å². The van der Waals surface area contributed by atoms with E-state index in [1.165, 1.54) is 40.7 Å². The molecule has 0 atom stereocenters. The second-order valence-corrected chi connectivity index (χ2v) is 8.41. The second-order valence-electron chi connectivity index (χ2n) is 7.97. The van der Waals surface area contributed by atoms with Crippen LogP contribution in [0.3, 0.4) is 0 Å². The van der Waals surface area contributed by atoms with Crippen molar-refractivity contribution in [2.24, 2.45) is 5.73 Å². The number of primary amides is 1. The third-order valence-corrected chi connectivity index (χ3v) is 4.68. The summed E-state index contributed by atoms with van der Waals surface area (Å²) in [7, 11) is 3.27. The molecule has 0 aliphatic rings. The van der Waals surface area contributed by atoms with Crippen LogP contribution in [0, 0.1) is 5.82 Å².